The maximum atomic E-state index is 4.20. The van der Waals surface area contributed by atoms with Crippen molar-refractivity contribution < 1.29 is 0 Å². The number of hydrogen-bond acceptors (Lipinski definition) is 2. The predicted octanol–water partition coefficient (Wildman–Crippen LogP) is 2.99. The number of hydrogen-bond donors (Lipinski definition) is 0. The van der Waals surface area contributed by atoms with Crippen molar-refractivity contribution in [2.75, 3.05) is 0 Å². The lowest BCUT2D eigenvalue weighted by Crippen LogP contribution is -2.18. The molecule has 2 aromatic rings. The van der Waals surface area contributed by atoms with Gasteiger partial charge < -0.3 is 0 Å². The molecule has 1 aromatic carbocycles. The summed E-state index contributed by atoms with van der Waals surface area (Å²) in [5.74, 6) is 0.814. The van der Waals surface area contributed by atoms with Gasteiger partial charge in [0.2, 0.25) is 0 Å². The monoisotopic (exact) mass is 265 g/mol. The summed E-state index contributed by atoms with van der Waals surface area (Å²) in [6.07, 6.45) is 4.06. The fraction of sp³-hybridized carbons (Fsp3) is 0.455. The standard InChI is InChI=1S/C11H12BrN3/c12-9-4-5-10-11(6-9)15(14-13-10)7-8-2-1-3-8/h4-6,8H,1-3,7H2. The van der Waals surface area contributed by atoms with E-state index in [1.165, 1.54) is 19.3 Å². The van der Waals surface area contributed by atoms with Crippen LogP contribution in [0.1, 0.15) is 19.3 Å². The Morgan fingerprint density at radius 2 is 2.27 bits per heavy atom. The van der Waals surface area contributed by atoms with Gasteiger partial charge in [-0.25, -0.2) is 4.68 Å². The van der Waals surface area contributed by atoms with Gasteiger partial charge in [0.1, 0.15) is 5.52 Å². The molecule has 0 radical (unpaired) electrons. The van der Waals surface area contributed by atoms with E-state index in [1.54, 1.807) is 0 Å². The Morgan fingerprint density at radius 1 is 1.40 bits per heavy atom. The number of nitrogens with zero attached hydrogens (tertiary/aromatic N) is 3. The van der Waals surface area contributed by atoms with Gasteiger partial charge in [-0.1, -0.05) is 27.6 Å². The molecule has 0 amide bonds. The fourth-order valence-electron chi connectivity index (χ4n) is 1.99. The minimum Gasteiger partial charge on any atom is -0.244 e. The van der Waals surface area contributed by atoms with Gasteiger partial charge in [-0.05, 0) is 37.0 Å². The predicted molar refractivity (Wildman–Crippen MR) is 62.6 cm³/mol. The molecule has 1 saturated carbocycles. The molecule has 0 aliphatic heterocycles. The van der Waals surface area contributed by atoms with E-state index in [-0.39, 0.29) is 0 Å². The highest BCUT2D eigenvalue weighted by Crippen LogP contribution is 2.28. The highest BCUT2D eigenvalue weighted by atomic mass is 79.9. The Morgan fingerprint density at radius 3 is 3.00 bits per heavy atom. The van der Waals surface area contributed by atoms with Crippen molar-refractivity contribution in [3.63, 3.8) is 0 Å². The molecule has 78 valence electrons. The molecule has 0 bridgehead atoms. The molecular weight excluding hydrogens is 254 g/mol. The normalized spacial score (nSPS) is 16.9. The quantitative estimate of drug-likeness (QED) is 0.836. The minimum atomic E-state index is 0.814. The van der Waals surface area contributed by atoms with Gasteiger partial charge in [-0.15, -0.1) is 5.10 Å². The van der Waals surface area contributed by atoms with E-state index in [0.717, 1.165) is 28.0 Å². The lowest BCUT2D eigenvalue weighted by atomic mass is 9.85. The van der Waals surface area contributed by atoms with Gasteiger partial charge in [0.15, 0.2) is 0 Å². The lowest BCUT2D eigenvalue weighted by Gasteiger charge is -2.24. The summed E-state index contributed by atoms with van der Waals surface area (Å²) >= 11 is 3.48. The number of aromatic nitrogens is 3. The number of fused-ring (bicyclic) bond motifs is 1. The molecule has 0 atom stereocenters. The average Bonchev–Trinajstić information content (AvgIpc) is 2.54. The molecule has 1 aliphatic carbocycles. The molecule has 1 aliphatic rings. The summed E-state index contributed by atoms with van der Waals surface area (Å²) in [5, 5.41) is 8.37. The first-order valence-corrected chi connectivity index (χ1v) is 6.11. The smallest absolute Gasteiger partial charge is 0.113 e. The van der Waals surface area contributed by atoms with E-state index < -0.39 is 0 Å². The second-order valence-corrected chi connectivity index (χ2v) is 5.12. The molecule has 0 spiro atoms. The van der Waals surface area contributed by atoms with Crippen LogP contribution in [0.15, 0.2) is 22.7 Å². The number of benzene rings is 1. The third-order valence-corrected chi connectivity index (χ3v) is 3.63. The van der Waals surface area contributed by atoms with Crippen LogP contribution in [0.4, 0.5) is 0 Å². The SMILES string of the molecule is Brc1ccc2nnn(CC3CCC3)c2c1. The first-order valence-electron chi connectivity index (χ1n) is 5.32. The zero-order valence-electron chi connectivity index (χ0n) is 8.36. The number of halogens is 1. The third-order valence-electron chi connectivity index (χ3n) is 3.13. The second kappa shape index (κ2) is 3.59. The molecule has 3 nitrogen and oxygen atoms in total. The Hall–Kier alpha value is -0.900. The Kier molecular flexibility index (Phi) is 2.24. The molecule has 1 aromatic heterocycles. The van der Waals surface area contributed by atoms with Crippen molar-refractivity contribution in [1.82, 2.24) is 15.0 Å². The summed E-state index contributed by atoms with van der Waals surface area (Å²) < 4.78 is 3.12. The Bertz CT molecular complexity index is 488. The van der Waals surface area contributed by atoms with Crippen molar-refractivity contribution in [3.05, 3.63) is 22.7 Å². The number of rotatable bonds is 2. The lowest BCUT2D eigenvalue weighted by molar-refractivity contribution is 0.268. The van der Waals surface area contributed by atoms with Gasteiger partial charge in [0.25, 0.3) is 0 Å². The van der Waals surface area contributed by atoms with Crippen LogP contribution in [-0.2, 0) is 6.54 Å². The first-order chi connectivity index (χ1) is 7.33. The summed E-state index contributed by atoms with van der Waals surface area (Å²) in [6, 6.07) is 6.10. The van der Waals surface area contributed by atoms with E-state index in [9.17, 15) is 0 Å². The van der Waals surface area contributed by atoms with Gasteiger partial charge in [0, 0.05) is 11.0 Å². The van der Waals surface area contributed by atoms with Crippen molar-refractivity contribution >= 4 is 27.0 Å². The van der Waals surface area contributed by atoms with Crippen LogP contribution in [-0.4, -0.2) is 15.0 Å². The highest BCUT2D eigenvalue weighted by molar-refractivity contribution is 9.10. The van der Waals surface area contributed by atoms with Crippen LogP contribution in [0.25, 0.3) is 11.0 Å². The minimum absolute atomic E-state index is 0.814. The van der Waals surface area contributed by atoms with Crippen molar-refractivity contribution in [1.29, 1.82) is 0 Å². The van der Waals surface area contributed by atoms with E-state index in [4.69, 9.17) is 0 Å². The van der Waals surface area contributed by atoms with Crippen LogP contribution in [0.2, 0.25) is 0 Å². The second-order valence-electron chi connectivity index (χ2n) is 4.20. The first kappa shape index (κ1) is 9.33. The van der Waals surface area contributed by atoms with Crippen LogP contribution in [0, 0.1) is 5.92 Å². The molecule has 0 unspecified atom stereocenters. The molecule has 0 N–H and O–H groups in total. The van der Waals surface area contributed by atoms with Crippen LogP contribution in [0.5, 0.6) is 0 Å². The van der Waals surface area contributed by atoms with E-state index in [1.807, 2.05) is 16.8 Å². The third kappa shape index (κ3) is 1.67. The fourth-order valence-corrected chi connectivity index (χ4v) is 2.34. The van der Waals surface area contributed by atoms with Crippen molar-refractivity contribution in [2.24, 2.45) is 5.92 Å². The maximum Gasteiger partial charge on any atom is 0.113 e. The Balaban J connectivity index is 1.98. The molecule has 3 rings (SSSR count). The summed E-state index contributed by atoms with van der Waals surface area (Å²) in [4.78, 5) is 0. The molecule has 1 fully saturated rings. The molecule has 4 heteroatoms. The van der Waals surface area contributed by atoms with Crippen molar-refractivity contribution in [2.45, 2.75) is 25.8 Å². The van der Waals surface area contributed by atoms with Crippen LogP contribution >= 0.6 is 15.9 Å². The van der Waals surface area contributed by atoms with Crippen molar-refractivity contribution in [3.8, 4) is 0 Å². The molecular formula is C11H12BrN3. The van der Waals surface area contributed by atoms with E-state index in [0.29, 0.717) is 0 Å². The molecule has 0 saturated heterocycles. The summed E-state index contributed by atoms with van der Waals surface area (Å²) in [5.41, 5.74) is 2.12. The average molecular weight is 266 g/mol. The molecule has 15 heavy (non-hydrogen) atoms. The van der Waals surface area contributed by atoms with Crippen LogP contribution in [0.3, 0.4) is 0 Å². The van der Waals surface area contributed by atoms with Crippen LogP contribution < -0.4 is 0 Å². The van der Waals surface area contributed by atoms with Gasteiger partial charge in [-0.3, -0.25) is 0 Å². The Labute approximate surface area is 96.6 Å². The van der Waals surface area contributed by atoms with E-state index >= 15 is 0 Å². The summed E-state index contributed by atoms with van der Waals surface area (Å²) in [6.45, 7) is 1.02. The van der Waals surface area contributed by atoms with Gasteiger partial charge in [-0.2, -0.15) is 0 Å². The zero-order valence-corrected chi connectivity index (χ0v) is 9.94. The zero-order chi connectivity index (χ0) is 10.3. The van der Waals surface area contributed by atoms with E-state index in [2.05, 4.69) is 32.3 Å². The topological polar surface area (TPSA) is 30.7 Å². The van der Waals surface area contributed by atoms with Gasteiger partial charge in [0.05, 0.1) is 5.52 Å². The molecule has 1 heterocycles. The van der Waals surface area contributed by atoms with Gasteiger partial charge >= 0.3 is 0 Å². The summed E-state index contributed by atoms with van der Waals surface area (Å²) in [7, 11) is 0. The highest BCUT2D eigenvalue weighted by Gasteiger charge is 2.19. The largest absolute Gasteiger partial charge is 0.244 e. The maximum absolute atomic E-state index is 4.20.